The van der Waals surface area contributed by atoms with E-state index >= 15 is 0 Å². The molecule has 0 saturated carbocycles. The van der Waals surface area contributed by atoms with E-state index in [4.69, 9.17) is 4.74 Å². The molecule has 0 unspecified atom stereocenters. The van der Waals surface area contributed by atoms with E-state index in [2.05, 4.69) is 0 Å². The van der Waals surface area contributed by atoms with Crippen LogP contribution in [0, 0.1) is 11.2 Å². The highest BCUT2D eigenvalue weighted by molar-refractivity contribution is 5.97. The summed E-state index contributed by atoms with van der Waals surface area (Å²) < 4.78 is 19.1. The Balaban J connectivity index is 2.22. The molecule has 0 spiro atoms. The molecule has 1 fully saturated rings. The Kier molecular flexibility index (Phi) is 3.63. The van der Waals surface area contributed by atoms with Crippen LogP contribution in [0.5, 0.6) is 0 Å². The number of carbonyl (C=O) groups is 1. The SMILES string of the molecule is CC(C)c1ccc(N(C)C(=O)C2(C)COC2)cc1F. The second-order valence-corrected chi connectivity index (χ2v) is 5.78. The summed E-state index contributed by atoms with van der Waals surface area (Å²) in [5, 5.41) is 0. The number of halogens is 1. The first-order valence-corrected chi connectivity index (χ1v) is 6.50. The lowest BCUT2D eigenvalue weighted by Crippen LogP contribution is -2.52. The maximum atomic E-state index is 14.0. The van der Waals surface area contributed by atoms with Gasteiger partial charge in [0, 0.05) is 12.7 Å². The number of carbonyl (C=O) groups excluding carboxylic acids is 1. The molecule has 0 radical (unpaired) electrons. The molecule has 1 aromatic rings. The summed E-state index contributed by atoms with van der Waals surface area (Å²) >= 11 is 0. The molecule has 104 valence electrons. The molecule has 0 atom stereocenters. The normalized spacial score (nSPS) is 17.2. The monoisotopic (exact) mass is 265 g/mol. The lowest BCUT2D eigenvalue weighted by atomic mass is 9.87. The molecule has 1 aromatic carbocycles. The van der Waals surface area contributed by atoms with Crippen molar-refractivity contribution >= 4 is 11.6 Å². The topological polar surface area (TPSA) is 29.5 Å². The molecular formula is C15H20FNO2. The first-order chi connectivity index (χ1) is 8.85. The third-order valence-corrected chi connectivity index (χ3v) is 3.66. The van der Waals surface area contributed by atoms with Gasteiger partial charge in [-0.3, -0.25) is 4.79 Å². The van der Waals surface area contributed by atoms with E-state index in [1.807, 2.05) is 20.8 Å². The predicted molar refractivity (Wildman–Crippen MR) is 72.8 cm³/mol. The zero-order chi connectivity index (χ0) is 14.2. The second-order valence-electron chi connectivity index (χ2n) is 5.78. The molecule has 0 aromatic heterocycles. The van der Waals surface area contributed by atoms with Gasteiger partial charge in [-0.15, -0.1) is 0 Å². The largest absolute Gasteiger partial charge is 0.379 e. The molecule has 1 saturated heterocycles. The van der Waals surface area contributed by atoms with E-state index in [1.165, 1.54) is 11.0 Å². The van der Waals surface area contributed by atoms with Crippen molar-refractivity contribution in [2.24, 2.45) is 5.41 Å². The minimum Gasteiger partial charge on any atom is -0.379 e. The van der Waals surface area contributed by atoms with E-state index in [1.54, 1.807) is 19.2 Å². The van der Waals surface area contributed by atoms with Crippen molar-refractivity contribution in [3.63, 3.8) is 0 Å². The van der Waals surface area contributed by atoms with E-state index < -0.39 is 5.41 Å². The van der Waals surface area contributed by atoms with Gasteiger partial charge in [-0.25, -0.2) is 4.39 Å². The lowest BCUT2D eigenvalue weighted by molar-refractivity contribution is -0.154. The fourth-order valence-electron chi connectivity index (χ4n) is 2.25. The predicted octanol–water partition coefficient (Wildman–Crippen LogP) is 2.95. The summed E-state index contributed by atoms with van der Waals surface area (Å²) in [6, 6.07) is 4.97. The molecule has 2 rings (SSSR count). The van der Waals surface area contributed by atoms with Crippen LogP contribution in [-0.2, 0) is 9.53 Å². The lowest BCUT2D eigenvalue weighted by Gasteiger charge is -2.39. The number of amides is 1. The highest BCUT2D eigenvalue weighted by Crippen LogP contribution is 2.31. The van der Waals surface area contributed by atoms with Gasteiger partial charge in [0.2, 0.25) is 5.91 Å². The summed E-state index contributed by atoms with van der Waals surface area (Å²) in [6.07, 6.45) is 0. The van der Waals surface area contributed by atoms with Crippen LogP contribution in [0.15, 0.2) is 18.2 Å². The first kappa shape index (κ1) is 14.0. The molecule has 0 aliphatic carbocycles. The van der Waals surface area contributed by atoms with Crippen molar-refractivity contribution in [3.05, 3.63) is 29.6 Å². The number of hydrogen-bond donors (Lipinski definition) is 0. The number of benzene rings is 1. The minimum atomic E-state index is -0.470. The van der Waals surface area contributed by atoms with E-state index in [9.17, 15) is 9.18 Å². The van der Waals surface area contributed by atoms with Gasteiger partial charge in [-0.05, 0) is 30.5 Å². The highest BCUT2D eigenvalue weighted by atomic mass is 19.1. The molecular weight excluding hydrogens is 245 g/mol. The number of anilines is 1. The van der Waals surface area contributed by atoms with Crippen molar-refractivity contribution < 1.29 is 13.9 Å². The Morgan fingerprint density at radius 3 is 2.47 bits per heavy atom. The molecule has 0 N–H and O–H groups in total. The van der Waals surface area contributed by atoms with Crippen molar-refractivity contribution in [2.75, 3.05) is 25.2 Å². The molecule has 3 nitrogen and oxygen atoms in total. The summed E-state index contributed by atoms with van der Waals surface area (Å²) in [7, 11) is 1.68. The minimum absolute atomic E-state index is 0.0320. The maximum absolute atomic E-state index is 14.0. The first-order valence-electron chi connectivity index (χ1n) is 6.50. The van der Waals surface area contributed by atoms with Gasteiger partial charge in [0.25, 0.3) is 0 Å². The summed E-state index contributed by atoms with van der Waals surface area (Å²) in [5.41, 5.74) is 0.782. The van der Waals surface area contributed by atoms with Crippen molar-refractivity contribution in [1.29, 1.82) is 0 Å². The average molecular weight is 265 g/mol. The van der Waals surface area contributed by atoms with E-state index in [0.717, 1.165) is 0 Å². The molecule has 1 heterocycles. The second kappa shape index (κ2) is 4.93. The Morgan fingerprint density at radius 1 is 1.42 bits per heavy atom. The van der Waals surface area contributed by atoms with Crippen LogP contribution < -0.4 is 4.90 Å². The number of hydrogen-bond acceptors (Lipinski definition) is 2. The van der Waals surface area contributed by atoms with E-state index in [-0.39, 0.29) is 17.6 Å². The maximum Gasteiger partial charge on any atom is 0.237 e. The highest BCUT2D eigenvalue weighted by Gasteiger charge is 2.43. The molecule has 19 heavy (non-hydrogen) atoms. The smallest absolute Gasteiger partial charge is 0.237 e. The van der Waals surface area contributed by atoms with Gasteiger partial charge in [0.05, 0.1) is 18.6 Å². The van der Waals surface area contributed by atoms with Crippen LogP contribution in [0.25, 0.3) is 0 Å². The Hall–Kier alpha value is -1.42. The van der Waals surface area contributed by atoms with Gasteiger partial charge < -0.3 is 9.64 Å². The molecule has 1 amide bonds. The third kappa shape index (κ3) is 2.50. The van der Waals surface area contributed by atoms with Crippen molar-refractivity contribution in [3.8, 4) is 0 Å². The summed E-state index contributed by atoms with van der Waals surface area (Å²) in [6.45, 7) is 6.62. The number of ether oxygens (including phenoxy) is 1. The standard InChI is InChI=1S/C15H20FNO2/c1-10(2)12-6-5-11(7-13(12)16)17(4)14(18)15(3)8-19-9-15/h5-7,10H,8-9H2,1-4H3. The Bertz CT molecular complexity index is 495. The van der Waals surface area contributed by atoms with Crippen LogP contribution in [0.4, 0.5) is 10.1 Å². The fourth-order valence-corrected chi connectivity index (χ4v) is 2.25. The van der Waals surface area contributed by atoms with Crippen LogP contribution in [0.1, 0.15) is 32.3 Å². The zero-order valence-electron chi connectivity index (χ0n) is 11.9. The van der Waals surface area contributed by atoms with Gasteiger partial charge in [0.1, 0.15) is 5.82 Å². The Morgan fingerprint density at radius 2 is 2.05 bits per heavy atom. The number of nitrogens with zero attached hydrogens (tertiary/aromatic N) is 1. The molecule has 4 heteroatoms. The summed E-state index contributed by atoms with van der Waals surface area (Å²) in [4.78, 5) is 13.8. The van der Waals surface area contributed by atoms with Gasteiger partial charge in [0.15, 0.2) is 0 Å². The average Bonchev–Trinajstić information content (AvgIpc) is 2.33. The third-order valence-electron chi connectivity index (χ3n) is 3.66. The van der Waals surface area contributed by atoms with Crippen LogP contribution in [0.3, 0.4) is 0 Å². The van der Waals surface area contributed by atoms with Crippen molar-refractivity contribution in [1.82, 2.24) is 0 Å². The van der Waals surface area contributed by atoms with E-state index in [0.29, 0.717) is 24.5 Å². The number of rotatable bonds is 3. The van der Waals surface area contributed by atoms with Crippen LogP contribution >= 0.6 is 0 Å². The van der Waals surface area contributed by atoms with Gasteiger partial charge >= 0.3 is 0 Å². The molecule has 1 aliphatic heterocycles. The van der Waals surface area contributed by atoms with Crippen molar-refractivity contribution in [2.45, 2.75) is 26.7 Å². The van der Waals surface area contributed by atoms with Crippen LogP contribution in [-0.4, -0.2) is 26.2 Å². The summed E-state index contributed by atoms with van der Waals surface area (Å²) in [5.74, 6) is -0.162. The fraction of sp³-hybridized carbons (Fsp3) is 0.533. The zero-order valence-corrected chi connectivity index (χ0v) is 11.9. The quantitative estimate of drug-likeness (QED) is 0.841. The van der Waals surface area contributed by atoms with Gasteiger partial charge in [-0.2, -0.15) is 0 Å². The molecule has 1 aliphatic rings. The van der Waals surface area contributed by atoms with Gasteiger partial charge in [-0.1, -0.05) is 19.9 Å². The Labute approximate surface area is 113 Å². The molecule has 0 bridgehead atoms. The van der Waals surface area contributed by atoms with Crippen LogP contribution in [0.2, 0.25) is 0 Å².